The van der Waals surface area contributed by atoms with Gasteiger partial charge in [0.25, 0.3) is 0 Å². The number of sulfonamides is 1. The van der Waals surface area contributed by atoms with E-state index >= 15 is 0 Å². The Labute approximate surface area is 132 Å². The van der Waals surface area contributed by atoms with Crippen LogP contribution in [0.3, 0.4) is 0 Å². The summed E-state index contributed by atoms with van der Waals surface area (Å²) in [6, 6.07) is 7.97. The van der Waals surface area contributed by atoms with Crippen molar-refractivity contribution in [1.29, 1.82) is 0 Å². The molecule has 1 aromatic rings. The topological polar surface area (TPSA) is 40.6 Å². The van der Waals surface area contributed by atoms with Crippen LogP contribution in [0.25, 0.3) is 0 Å². The van der Waals surface area contributed by atoms with E-state index < -0.39 is 10.0 Å². The highest BCUT2D eigenvalue weighted by atomic mass is 35.5. The molecule has 1 aromatic carbocycles. The maximum absolute atomic E-state index is 11.8. The Kier molecular flexibility index (Phi) is 6.05. The maximum Gasteiger partial charge on any atom is 0.213 e. The van der Waals surface area contributed by atoms with Crippen molar-refractivity contribution in [3.05, 3.63) is 34.9 Å². The van der Waals surface area contributed by atoms with E-state index in [1.165, 1.54) is 5.56 Å². The van der Waals surface area contributed by atoms with Crippen LogP contribution >= 0.6 is 11.6 Å². The second-order valence-electron chi connectivity index (χ2n) is 5.37. The molecule has 0 aromatic heterocycles. The number of piperazine rings is 1. The second kappa shape index (κ2) is 7.58. The molecule has 6 heteroatoms. The van der Waals surface area contributed by atoms with Crippen LogP contribution in [-0.2, 0) is 16.4 Å². The van der Waals surface area contributed by atoms with Gasteiger partial charge in [0, 0.05) is 31.2 Å². The average molecular weight is 331 g/mol. The largest absolute Gasteiger partial charge is 0.301 e. The summed E-state index contributed by atoms with van der Waals surface area (Å²) < 4.78 is 25.2. The summed E-state index contributed by atoms with van der Waals surface area (Å²) in [6.45, 7) is 5.60. The molecule has 1 fully saturated rings. The maximum atomic E-state index is 11.8. The van der Waals surface area contributed by atoms with Crippen molar-refractivity contribution in [2.45, 2.75) is 19.8 Å². The molecule has 118 valence electrons. The van der Waals surface area contributed by atoms with Gasteiger partial charge in [-0.15, -0.1) is 0 Å². The van der Waals surface area contributed by atoms with Crippen LogP contribution in [0.4, 0.5) is 0 Å². The summed E-state index contributed by atoms with van der Waals surface area (Å²) in [5.41, 5.74) is 1.26. The van der Waals surface area contributed by atoms with Crippen molar-refractivity contribution in [2.24, 2.45) is 0 Å². The van der Waals surface area contributed by atoms with Gasteiger partial charge < -0.3 is 4.90 Å². The molecule has 0 atom stereocenters. The Morgan fingerprint density at radius 3 is 2.52 bits per heavy atom. The minimum atomic E-state index is -3.02. The van der Waals surface area contributed by atoms with Crippen molar-refractivity contribution in [1.82, 2.24) is 9.21 Å². The average Bonchev–Trinajstić information content (AvgIpc) is 2.48. The zero-order valence-electron chi connectivity index (χ0n) is 12.5. The summed E-state index contributed by atoms with van der Waals surface area (Å²) in [4.78, 5) is 2.34. The van der Waals surface area contributed by atoms with E-state index in [9.17, 15) is 8.42 Å². The number of hydrogen-bond acceptors (Lipinski definition) is 3. The molecule has 0 amide bonds. The smallest absolute Gasteiger partial charge is 0.213 e. The van der Waals surface area contributed by atoms with Crippen molar-refractivity contribution >= 4 is 21.6 Å². The minimum absolute atomic E-state index is 0.196. The Morgan fingerprint density at radius 1 is 1.19 bits per heavy atom. The molecular weight excluding hydrogens is 308 g/mol. The van der Waals surface area contributed by atoms with Gasteiger partial charge in [-0.25, -0.2) is 8.42 Å². The number of hydrogen-bond donors (Lipinski definition) is 0. The lowest BCUT2D eigenvalue weighted by Gasteiger charge is -2.33. The lowest BCUT2D eigenvalue weighted by atomic mass is 10.1. The molecule has 1 heterocycles. The van der Waals surface area contributed by atoms with Gasteiger partial charge in [-0.3, -0.25) is 0 Å². The molecule has 0 aliphatic carbocycles. The van der Waals surface area contributed by atoms with E-state index in [-0.39, 0.29) is 5.75 Å². The molecule has 21 heavy (non-hydrogen) atoms. The number of nitrogens with zero attached hydrogens (tertiary/aromatic N) is 2. The molecular formula is C15H23ClN2O2S. The van der Waals surface area contributed by atoms with Crippen LogP contribution in [0.1, 0.15) is 18.9 Å². The minimum Gasteiger partial charge on any atom is -0.301 e. The van der Waals surface area contributed by atoms with E-state index in [1.54, 1.807) is 11.2 Å². The second-order valence-corrected chi connectivity index (χ2v) is 8.07. The first-order chi connectivity index (χ1) is 10.0. The molecule has 0 saturated carbocycles. The Balaban J connectivity index is 1.72. The third-order valence-electron chi connectivity index (χ3n) is 3.92. The molecule has 1 aliphatic heterocycles. The Morgan fingerprint density at radius 2 is 1.90 bits per heavy atom. The predicted octanol–water partition coefficient (Wildman–Crippen LogP) is 2.24. The van der Waals surface area contributed by atoms with Crippen LogP contribution in [0.15, 0.2) is 24.3 Å². The van der Waals surface area contributed by atoms with E-state index in [0.717, 1.165) is 37.5 Å². The first-order valence-electron chi connectivity index (χ1n) is 7.46. The van der Waals surface area contributed by atoms with Crippen LogP contribution in [0, 0.1) is 0 Å². The van der Waals surface area contributed by atoms with Crippen LogP contribution in [-0.4, -0.2) is 56.1 Å². The first kappa shape index (κ1) is 16.7. The molecule has 0 bridgehead atoms. The number of benzene rings is 1. The van der Waals surface area contributed by atoms with Gasteiger partial charge in [0.15, 0.2) is 0 Å². The predicted molar refractivity (Wildman–Crippen MR) is 87.2 cm³/mol. The molecule has 0 N–H and O–H groups in total. The number of halogens is 1. The molecule has 0 unspecified atom stereocenters. The molecule has 4 nitrogen and oxygen atoms in total. The third kappa shape index (κ3) is 4.95. The van der Waals surface area contributed by atoms with Crippen LogP contribution in [0.5, 0.6) is 0 Å². The SMILES string of the molecule is CCS(=O)(=O)N1CCN(CCCc2cccc(Cl)c2)CC1. The van der Waals surface area contributed by atoms with E-state index in [4.69, 9.17) is 11.6 Å². The fourth-order valence-corrected chi connectivity index (χ4v) is 3.91. The zero-order chi connectivity index (χ0) is 15.3. The highest BCUT2D eigenvalue weighted by molar-refractivity contribution is 7.89. The van der Waals surface area contributed by atoms with E-state index in [1.807, 2.05) is 18.2 Å². The fraction of sp³-hybridized carbons (Fsp3) is 0.600. The van der Waals surface area contributed by atoms with Gasteiger partial charge in [-0.05, 0) is 44.0 Å². The normalized spacial score (nSPS) is 18.0. The third-order valence-corrected chi connectivity index (χ3v) is 6.03. The van der Waals surface area contributed by atoms with Gasteiger partial charge in [-0.1, -0.05) is 23.7 Å². The quantitative estimate of drug-likeness (QED) is 0.803. The summed E-state index contributed by atoms with van der Waals surface area (Å²) in [5, 5.41) is 0.783. The van der Waals surface area contributed by atoms with Crippen molar-refractivity contribution < 1.29 is 8.42 Å². The van der Waals surface area contributed by atoms with Gasteiger partial charge in [0.2, 0.25) is 10.0 Å². The molecule has 0 spiro atoms. The summed E-state index contributed by atoms with van der Waals surface area (Å²) in [5.74, 6) is 0.196. The lowest BCUT2D eigenvalue weighted by Crippen LogP contribution is -2.49. The fourth-order valence-electron chi connectivity index (χ4n) is 2.61. The molecule has 1 saturated heterocycles. The van der Waals surface area contributed by atoms with E-state index in [0.29, 0.717) is 13.1 Å². The lowest BCUT2D eigenvalue weighted by molar-refractivity contribution is 0.187. The van der Waals surface area contributed by atoms with Gasteiger partial charge in [-0.2, -0.15) is 4.31 Å². The van der Waals surface area contributed by atoms with Crippen LogP contribution < -0.4 is 0 Å². The highest BCUT2D eigenvalue weighted by Crippen LogP contribution is 2.13. The Bertz CT molecular complexity index is 555. The van der Waals surface area contributed by atoms with Crippen LogP contribution in [0.2, 0.25) is 5.02 Å². The summed E-state index contributed by atoms with van der Waals surface area (Å²) in [6.07, 6.45) is 2.08. The van der Waals surface area contributed by atoms with E-state index in [2.05, 4.69) is 11.0 Å². The molecule has 0 radical (unpaired) electrons. The van der Waals surface area contributed by atoms with Gasteiger partial charge >= 0.3 is 0 Å². The first-order valence-corrected chi connectivity index (χ1v) is 9.44. The number of aryl methyl sites for hydroxylation is 1. The summed E-state index contributed by atoms with van der Waals surface area (Å²) in [7, 11) is -3.02. The standard InChI is InChI=1S/C15H23ClN2O2S/c1-2-21(19,20)18-11-9-17(10-12-18)8-4-6-14-5-3-7-15(16)13-14/h3,5,7,13H,2,4,6,8-12H2,1H3. The van der Waals surface area contributed by atoms with Crippen molar-refractivity contribution in [2.75, 3.05) is 38.5 Å². The highest BCUT2D eigenvalue weighted by Gasteiger charge is 2.24. The number of rotatable bonds is 6. The summed E-state index contributed by atoms with van der Waals surface area (Å²) >= 11 is 5.97. The van der Waals surface area contributed by atoms with Crippen molar-refractivity contribution in [3.63, 3.8) is 0 Å². The monoisotopic (exact) mass is 330 g/mol. The van der Waals surface area contributed by atoms with Gasteiger partial charge in [0.1, 0.15) is 0 Å². The Hall–Kier alpha value is -0.620. The zero-order valence-corrected chi connectivity index (χ0v) is 14.0. The van der Waals surface area contributed by atoms with Gasteiger partial charge in [0.05, 0.1) is 5.75 Å². The van der Waals surface area contributed by atoms with Crippen molar-refractivity contribution in [3.8, 4) is 0 Å². The molecule has 1 aliphatic rings. The molecule has 2 rings (SSSR count).